The number of benzene rings is 1. The minimum atomic E-state index is -3.56. The lowest BCUT2D eigenvalue weighted by atomic mass is 9.89. The molecule has 3 N–H and O–H groups in total. The van der Waals surface area contributed by atoms with Gasteiger partial charge in [0.1, 0.15) is 5.54 Å². The maximum absolute atomic E-state index is 13.0. The number of ether oxygens (including phenoxy) is 1. The number of rotatable bonds is 4. The van der Waals surface area contributed by atoms with Gasteiger partial charge in [-0.3, -0.25) is 4.79 Å². The van der Waals surface area contributed by atoms with Gasteiger partial charge in [0.15, 0.2) is 0 Å². The van der Waals surface area contributed by atoms with Crippen LogP contribution in [0.1, 0.15) is 25.3 Å². The molecule has 24 heavy (non-hydrogen) atoms. The molecular formula is C16H23N3O4S. The third kappa shape index (κ3) is 3.06. The van der Waals surface area contributed by atoms with Gasteiger partial charge in [0, 0.05) is 32.0 Å². The standard InChI is InChI=1S/C16H23N3O4S/c1-2-18-24(21,22)13-4-3-12-5-8-19(14(12)11-13)15(20)16(17)6-9-23-10-7-16/h3-4,11,18H,2,5-10,17H2,1H3. The summed E-state index contributed by atoms with van der Waals surface area (Å²) in [5, 5.41) is 0. The topological polar surface area (TPSA) is 102 Å². The van der Waals surface area contributed by atoms with E-state index in [0.29, 0.717) is 51.3 Å². The average Bonchev–Trinajstić information content (AvgIpc) is 2.97. The van der Waals surface area contributed by atoms with Gasteiger partial charge in [0.2, 0.25) is 15.9 Å². The largest absolute Gasteiger partial charge is 0.381 e. The predicted molar refractivity (Wildman–Crippen MR) is 90.3 cm³/mol. The molecule has 8 heteroatoms. The normalized spacial score (nSPS) is 20.0. The first-order valence-corrected chi connectivity index (χ1v) is 9.67. The minimum absolute atomic E-state index is 0.150. The highest BCUT2D eigenvalue weighted by molar-refractivity contribution is 7.89. The summed E-state index contributed by atoms with van der Waals surface area (Å²) in [5.74, 6) is -0.150. The Hall–Kier alpha value is -1.48. The van der Waals surface area contributed by atoms with Crippen molar-refractivity contribution in [3.63, 3.8) is 0 Å². The lowest BCUT2D eigenvalue weighted by Gasteiger charge is -2.35. The molecule has 0 radical (unpaired) electrons. The fourth-order valence-corrected chi connectivity index (χ4v) is 4.29. The Morgan fingerprint density at radius 2 is 2.08 bits per heavy atom. The van der Waals surface area contributed by atoms with E-state index in [1.165, 1.54) is 0 Å². The lowest BCUT2D eigenvalue weighted by molar-refractivity contribution is -0.126. The van der Waals surface area contributed by atoms with E-state index in [9.17, 15) is 13.2 Å². The van der Waals surface area contributed by atoms with Crippen molar-refractivity contribution < 1.29 is 17.9 Å². The molecule has 2 heterocycles. The van der Waals surface area contributed by atoms with Gasteiger partial charge in [-0.2, -0.15) is 0 Å². The van der Waals surface area contributed by atoms with E-state index < -0.39 is 15.6 Å². The predicted octanol–water partition coefficient (Wildman–Crippen LogP) is 0.382. The molecule has 7 nitrogen and oxygen atoms in total. The van der Waals surface area contributed by atoms with Gasteiger partial charge in [-0.1, -0.05) is 13.0 Å². The van der Waals surface area contributed by atoms with Crippen LogP contribution in [-0.4, -0.2) is 46.2 Å². The minimum Gasteiger partial charge on any atom is -0.381 e. The van der Waals surface area contributed by atoms with Crippen molar-refractivity contribution >= 4 is 21.6 Å². The zero-order chi connectivity index (χ0) is 17.4. The second kappa shape index (κ2) is 6.44. The second-order valence-electron chi connectivity index (χ2n) is 6.27. The number of sulfonamides is 1. The van der Waals surface area contributed by atoms with Crippen LogP contribution < -0.4 is 15.4 Å². The summed E-state index contributed by atoms with van der Waals surface area (Å²) in [5.41, 5.74) is 6.99. The first-order chi connectivity index (χ1) is 11.4. The molecule has 0 spiro atoms. The van der Waals surface area contributed by atoms with Gasteiger partial charge < -0.3 is 15.4 Å². The molecule has 0 aliphatic carbocycles. The highest BCUT2D eigenvalue weighted by atomic mass is 32.2. The Morgan fingerprint density at radius 3 is 2.75 bits per heavy atom. The van der Waals surface area contributed by atoms with Crippen LogP contribution in [-0.2, 0) is 26.0 Å². The first-order valence-electron chi connectivity index (χ1n) is 8.18. The van der Waals surface area contributed by atoms with Gasteiger partial charge in [-0.15, -0.1) is 0 Å². The average molecular weight is 353 g/mol. The molecule has 0 atom stereocenters. The number of anilines is 1. The van der Waals surface area contributed by atoms with Crippen LogP contribution in [0, 0.1) is 0 Å². The van der Waals surface area contributed by atoms with E-state index in [0.717, 1.165) is 5.56 Å². The Bertz CT molecular complexity index is 742. The summed E-state index contributed by atoms with van der Waals surface area (Å²) in [4.78, 5) is 14.7. The molecule has 0 aromatic heterocycles. The van der Waals surface area contributed by atoms with Crippen LogP contribution in [0.3, 0.4) is 0 Å². The summed E-state index contributed by atoms with van der Waals surface area (Å²) in [7, 11) is -3.56. The molecule has 1 amide bonds. The molecule has 1 aromatic rings. The SMILES string of the molecule is CCNS(=O)(=O)c1ccc2c(c1)N(C(=O)C1(N)CCOCC1)CC2. The van der Waals surface area contributed by atoms with Crippen molar-refractivity contribution in [2.45, 2.75) is 36.6 Å². The van der Waals surface area contributed by atoms with Crippen LogP contribution >= 0.6 is 0 Å². The van der Waals surface area contributed by atoms with Gasteiger partial charge in [-0.05, 0) is 37.0 Å². The summed E-state index contributed by atoms with van der Waals surface area (Å²) in [6, 6.07) is 4.93. The Labute approximate surface area is 142 Å². The fourth-order valence-electron chi connectivity index (χ4n) is 3.23. The van der Waals surface area contributed by atoms with Crippen LogP contribution in [0.25, 0.3) is 0 Å². The van der Waals surface area contributed by atoms with Crippen molar-refractivity contribution in [2.75, 3.05) is 31.2 Å². The molecule has 1 fully saturated rings. The number of hydrogen-bond acceptors (Lipinski definition) is 5. The van der Waals surface area contributed by atoms with Crippen molar-refractivity contribution in [2.24, 2.45) is 5.73 Å². The van der Waals surface area contributed by atoms with Crippen molar-refractivity contribution in [3.05, 3.63) is 23.8 Å². The van der Waals surface area contributed by atoms with E-state index in [4.69, 9.17) is 10.5 Å². The zero-order valence-electron chi connectivity index (χ0n) is 13.7. The molecule has 0 saturated carbocycles. The number of nitrogens with zero attached hydrogens (tertiary/aromatic N) is 1. The van der Waals surface area contributed by atoms with Gasteiger partial charge >= 0.3 is 0 Å². The number of carbonyl (C=O) groups excluding carboxylic acids is 1. The van der Waals surface area contributed by atoms with E-state index in [1.54, 1.807) is 30.0 Å². The molecule has 0 bridgehead atoms. The molecule has 2 aliphatic heterocycles. The lowest BCUT2D eigenvalue weighted by Crippen LogP contribution is -2.58. The van der Waals surface area contributed by atoms with E-state index in [-0.39, 0.29) is 10.8 Å². The number of nitrogens with two attached hydrogens (primary N) is 1. The fraction of sp³-hybridized carbons (Fsp3) is 0.562. The van der Waals surface area contributed by atoms with Crippen molar-refractivity contribution in [1.29, 1.82) is 0 Å². The number of carbonyl (C=O) groups is 1. The highest BCUT2D eigenvalue weighted by Crippen LogP contribution is 2.33. The Balaban J connectivity index is 1.92. The van der Waals surface area contributed by atoms with Gasteiger partial charge in [0.05, 0.1) is 4.90 Å². The van der Waals surface area contributed by atoms with Crippen LogP contribution in [0.2, 0.25) is 0 Å². The van der Waals surface area contributed by atoms with Gasteiger partial charge in [-0.25, -0.2) is 13.1 Å². The summed E-state index contributed by atoms with van der Waals surface area (Å²) < 4.78 is 32.2. The monoisotopic (exact) mass is 353 g/mol. The summed E-state index contributed by atoms with van der Waals surface area (Å²) in [6.45, 7) is 3.51. The quantitative estimate of drug-likeness (QED) is 0.815. The molecule has 1 aromatic carbocycles. The zero-order valence-corrected chi connectivity index (χ0v) is 14.6. The smallest absolute Gasteiger partial charge is 0.247 e. The van der Waals surface area contributed by atoms with E-state index in [2.05, 4.69) is 4.72 Å². The van der Waals surface area contributed by atoms with Crippen molar-refractivity contribution in [3.8, 4) is 0 Å². The number of amides is 1. The van der Waals surface area contributed by atoms with E-state index >= 15 is 0 Å². The first kappa shape index (κ1) is 17.3. The highest BCUT2D eigenvalue weighted by Gasteiger charge is 2.41. The number of hydrogen-bond donors (Lipinski definition) is 2. The summed E-state index contributed by atoms with van der Waals surface area (Å²) >= 11 is 0. The molecule has 0 unspecified atom stereocenters. The molecule has 2 aliphatic rings. The Kier molecular flexibility index (Phi) is 4.65. The third-order valence-corrected chi connectivity index (χ3v) is 6.20. The maximum atomic E-state index is 13.0. The maximum Gasteiger partial charge on any atom is 0.247 e. The molecule has 1 saturated heterocycles. The summed E-state index contributed by atoms with van der Waals surface area (Å²) in [6.07, 6.45) is 1.66. The molecule has 3 rings (SSSR count). The number of nitrogens with one attached hydrogen (secondary N) is 1. The van der Waals surface area contributed by atoms with E-state index in [1.807, 2.05) is 0 Å². The number of fused-ring (bicyclic) bond motifs is 1. The van der Waals surface area contributed by atoms with Gasteiger partial charge in [0.25, 0.3) is 0 Å². The van der Waals surface area contributed by atoms with Crippen LogP contribution in [0.15, 0.2) is 23.1 Å². The molecular weight excluding hydrogens is 330 g/mol. The third-order valence-electron chi connectivity index (χ3n) is 4.65. The second-order valence-corrected chi connectivity index (χ2v) is 8.03. The van der Waals surface area contributed by atoms with Crippen LogP contribution in [0.5, 0.6) is 0 Å². The Morgan fingerprint density at radius 1 is 1.38 bits per heavy atom. The molecule has 132 valence electrons. The van der Waals surface area contributed by atoms with Crippen molar-refractivity contribution in [1.82, 2.24) is 4.72 Å². The van der Waals surface area contributed by atoms with Crippen LogP contribution in [0.4, 0.5) is 5.69 Å².